The highest BCUT2D eigenvalue weighted by Crippen LogP contribution is 2.28. The molecule has 0 aromatic heterocycles. The summed E-state index contributed by atoms with van der Waals surface area (Å²) in [5, 5.41) is 11.7. The summed E-state index contributed by atoms with van der Waals surface area (Å²) in [6.07, 6.45) is 1.63. The first kappa shape index (κ1) is 22.4. The Balaban J connectivity index is 1.51. The minimum absolute atomic E-state index is 0.121. The highest BCUT2D eigenvalue weighted by Gasteiger charge is 2.32. The molecular formula is C23H27ClFNO4. The number of hydrogen-bond acceptors (Lipinski definition) is 4. The molecule has 0 spiro atoms. The minimum atomic E-state index is -1.01. The summed E-state index contributed by atoms with van der Waals surface area (Å²) < 4.78 is 24.3. The van der Waals surface area contributed by atoms with Gasteiger partial charge in [-0.25, -0.2) is 4.39 Å². The number of aliphatic hydroxyl groups is 1. The van der Waals surface area contributed by atoms with Gasteiger partial charge in [-0.15, -0.1) is 0 Å². The number of likely N-dealkylation sites (tertiary alicyclic amines) is 1. The molecule has 1 aliphatic rings. The smallest absolute Gasteiger partial charge is 0.260 e. The van der Waals surface area contributed by atoms with Gasteiger partial charge in [0, 0.05) is 18.1 Å². The summed E-state index contributed by atoms with van der Waals surface area (Å²) in [4.78, 5) is 14.2. The zero-order valence-corrected chi connectivity index (χ0v) is 18.0. The average Bonchev–Trinajstić information content (AvgIpc) is 2.92. The van der Waals surface area contributed by atoms with E-state index in [1.165, 1.54) is 24.3 Å². The number of nitrogens with zero attached hydrogens (tertiary/aromatic N) is 1. The molecule has 1 saturated heterocycles. The van der Waals surface area contributed by atoms with Crippen LogP contribution in [0.2, 0.25) is 5.02 Å². The van der Waals surface area contributed by atoms with Crippen LogP contribution in [0.4, 0.5) is 4.39 Å². The van der Waals surface area contributed by atoms with E-state index in [2.05, 4.69) is 0 Å². The molecule has 162 valence electrons. The Bertz CT molecular complexity index is 866. The van der Waals surface area contributed by atoms with E-state index >= 15 is 0 Å². The Morgan fingerprint density at radius 3 is 2.43 bits per heavy atom. The molecule has 1 N–H and O–H groups in total. The van der Waals surface area contributed by atoms with Crippen molar-refractivity contribution >= 4 is 17.5 Å². The molecule has 2 aromatic rings. The lowest BCUT2D eigenvalue weighted by Gasteiger charge is -2.27. The topological polar surface area (TPSA) is 59.0 Å². The number of ether oxygens (including phenoxy) is 2. The third-order valence-electron chi connectivity index (χ3n) is 5.36. The SMILES string of the molecule is Cc1cc(OCC2(O)CCCN(C(=O)COc3ccc(F)cc3)CC2)cc(C)c1Cl. The summed E-state index contributed by atoms with van der Waals surface area (Å²) in [6, 6.07) is 9.27. The van der Waals surface area contributed by atoms with Gasteiger partial charge in [0.2, 0.25) is 0 Å². The van der Waals surface area contributed by atoms with Crippen molar-refractivity contribution in [2.24, 2.45) is 0 Å². The van der Waals surface area contributed by atoms with E-state index in [1.807, 2.05) is 26.0 Å². The van der Waals surface area contributed by atoms with Crippen LogP contribution in [-0.2, 0) is 4.79 Å². The summed E-state index contributed by atoms with van der Waals surface area (Å²) in [5.74, 6) is 0.603. The van der Waals surface area contributed by atoms with Gasteiger partial charge in [-0.2, -0.15) is 0 Å². The first-order valence-electron chi connectivity index (χ1n) is 10.0. The van der Waals surface area contributed by atoms with Gasteiger partial charge >= 0.3 is 0 Å². The number of amides is 1. The molecule has 0 aliphatic carbocycles. The molecule has 2 aromatic carbocycles. The lowest BCUT2D eigenvalue weighted by atomic mass is 9.96. The Morgan fingerprint density at radius 1 is 1.10 bits per heavy atom. The molecule has 0 bridgehead atoms. The minimum Gasteiger partial charge on any atom is -0.491 e. The van der Waals surface area contributed by atoms with E-state index < -0.39 is 5.60 Å². The zero-order chi connectivity index (χ0) is 21.7. The normalized spacial score (nSPS) is 19.3. The van der Waals surface area contributed by atoms with Crippen molar-refractivity contribution in [3.8, 4) is 11.5 Å². The number of rotatable bonds is 6. The maximum Gasteiger partial charge on any atom is 0.260 e. The molecule has 1 aliphatic heterocycles. The van der Waals surface area contributed by atoms with Gasteiger partial charge in [0.25, 0.3) is 5.91 Å². The van der Waals surface area contributed by atoms with Crippen LogP contribution in [0.25, 0.3) is 0 Å². The Hall–Kier alpha value is -2.31. The van der Waals surface area contributed by atoms with Gasteiger partial charge in [0.05, 0.1) is 0 Å². The van der Waals surface area contributed by atoms with Gasteiger partial charge < -0.3 is 19.5 Å². The number of benzene rings is 2. The van der Waals surface area contributed by atoms with Crippen molar-refractivity contribution in [2.45, 2.75) is 38.7 Å². The fraction of sp³-hybridized carbons (Fsp3) is 0.435. The monoisotopic (exact) mass is 435 g/mol. The van der Waals surface area contributed by atoms with Crippen molar-refractivity contribution in [1.29, 1.82) is 0 Å². The van der Waals surface area contributed by atoms with Crippen LogP contribution in [0.5, 0.6) is 11.5 Å². The molecule has 0 radical (unpaired) electrons. The Morgan fingerprint density at radius 2 is 1.77 bits per heavy atom. The average molecular weight is 436 g/mol. The summed E-state index contributed by atoms with van der Waals surface area (Å²) in [5.41, 5.74) is 0.851. The first-order valence-corrected chi connectivity index (χ1v) is 10.4. The molecule has 1 fully saturated rings. The Labute approximate surface area is 181 Å². The van der Waals surface area contributed by atoms with E-state index in [-0.39, 0.29) is 24.9 Å². The Kier molecular flexibility index (Phi) is 7.21. The van der Waals surface area contributed by atoms with Crippen LogP contribution in [-0.4, -0.2) is 47.8 Å². The lowest BCUT2D eigenvalue weighted by Crippen LogP contribution is -2.39. The largest absolute Gasteiger partial charge is 0.491 e. The number of hydrogen-bond donors (Lipinski definition) is 1. The van der Waals surface area contributed by atoms with E-state index in [4.69, 9.17) is 21.1 Å². The molecule has 7 heteroatoms. The fourth-order valence-electron chi connectivity index (χ4n) is 3.55. The van der Waals surface area contributed by atoms with Crippen LogP contribution in [0.3, 0.4) is 0 Å². The molecule has 30 heavy (non-hydrogen) atoms. The number of carbonyl (C=O) groups is 1. The third-order valence-corrected chi connectivity index (χ3v) is 5.96. The number of aryl methyl sites for hydroxylation is 2. The molecule has 3 rings (SSSR count). The van der Waals surface area contributed by atoms with Gasteiger partial charge in [0.15, 0.2) is 6.61 Å². The van der Waals surface area contributed by atoms with Gasteiger partial charge in [-0.3, -0.25) is 4.79 Å². The number of carbonyl (C=O) groups excluding carboxylic acids is 1. The first-order chi connectivity index (χ1) is 14.3. The molecular weight excluding hydrogens is 409 g/mol. The predicted molar refractivity (Wildman–Crippen MR) is 114 cm³/mol. The fourth-order valence-corrected chi connectivity index (χ4v) is 3.66. The van der Waals surface area contributed by atoms with Gasteiger partial charge in [-0.1, -0.05) is 11.6 Å². The second kappa shape index (κ2) is 9.67. The number of halogens is 2. The highest BCUT2D eigenvalue weighted by molar-refractivity contribution is 6.32. The summed E-state index contributed by atoms with van der Waals surface area (Å²) in [6.45, 7) is 4.84. The van der Waals surface area contributed by atoms with Crippen LogP contribution in [0.15, 0.2) is 36.4 Å². The van der Waals surface area contributed by atoms with Crippen molar-refractivity contribution in [3.05, 3.63) is 58.4 Å². The van der Waals surface area contributed by atoms with Crippen molar-refractivity contribution in [2.75, 3.05) is 26.3 Å². The third kappa shape index (κ3) is 5.86. The maximum atomic E-state index is 13.0. The maximum absolute atomic E-state index is 13.0. The zero-order valence-electron chi connectivity index (χ0n) is 17.3. The molecule has 5 nitrogen and oxygen atoms in total. The molecule has 1 atom stereocenters. The van der Waals surface area contributed by atoms with Crippen LogP contribution < -0.4 is 9.47 Å². The molecule has 1 unspecified atom stereocenters. The van der Waals surface area contributed by atoms with Crippen molar-refractivity contribution in [3.63, 3.8) is 0 Å². The molecule has 1 amide bonds. The quantitative estimate of drug-likeness (QED) is 0.735. The van der Waals surface area contributed by atoms with Gasteiger partial charge in [-0.05, 0) is 80.6 Å². The van der Waals surface area contributed by atoms with Crippen LogP contribution >= 0.6 is 11.6 Å². The molecule has 1 heterocycles. The van der Waals surface area contributed by atoms with Gasteiger partial charge in [0.1, 0.15) is 29.5 Å². The van der Waals surface area contributed by atoms with Crippen molar-refractivity contribution < 1.29 is 23.8 Å². The van der Waals surface area contributed by atoms with E-state index in [1.54, 1.807) is 4.90 Å². The van der Waals surface area contributed by atoms with E-state index in [0.29, 0.717) is 48.9 Å². The van der Waals surface area contributed by atoms with E-state index in [9.17, 15) is 14.3 Å². The second-order valence-electron chi connectivity index (χ2n) is 7.86. The predicted octanol–water partition coefficient (Wildman–Crippen LogP) is 4.30. The second-order valence-corrected chi connectivity index (χ2v) is 8.24. The standard InChI is InChI=1S/C23H27ClFNO4/c1-16-12-20(13-17(2)22(16)24)30-15-23(28)8-3-10-26(11-9-23)21(27)14-29-19-6-4-18(25)5-7-19/h4-7,12-13,28H,3,8-11,14-15H2,1-2H3. The van der Waals surface area contributed by atoms with E-state index in [0.717, 1.165) is 11.1 Å². The highest BCUT2D eigenvalue weighted by atomic mass is 35.5. The van der Waals surface area contributed by atoms with Crippen LogP contribution in [0, 0.1) is 19.7 Å². The lowest BCUT2D eigenvalue weighted by molar-refractivity contribution is -0.133. The molecule has 0 saturated carbocycles. The summed E-state index contributed by atoms with van der Waals surface area (Å²) >= 11 is 6.20. The summed E-state index contributed by atoms with van der Waals surface area (Å²) in [7, 11) is 0. The van der Waals surface area contributed by atoms with Crippen LogP contribution in [0.1, 0.15) is 30.4 Å². The van der Waals surface area contributed by atoms with Crippen molar-refractivity contribution in [1.82, 2.24) is 4.90 Å².